The second-order valence-electron chi connectivity index (χ2n) is 4.26. The Morgan fingerprint density at radius 3 is 2.77 bits per heavy atom. The molecule has 0 aliphatic heterocycles. The number of carbonyl (C=O) groups is 2. The number of aromatic nitrogens is 1. The summed E-state index contributed by atoms with van der Waals surface area (Å²) in [5.74, 6) is -1.64. The Hall–Kier alpha value is -2.73. The Bertz CT molecular complexity index is 689. The fourth-order valence-corrected chi connectivity index (χ4v) is 1.76. The molecule has 0 aliphatic rings. The third-order valence-electron chi connectivity index (χ3n) is 2.59. The molecular formula is C15H13ClN4O2. The van der Waals surface area contributed by atoms with Crippen LogP contribution in [0.25, 0.3) is 0 Å². The van der Waals surface area contributed by atoms with Crippen LogP contribution in [0.1, 0.15) is 11.3 Å². The lowest BCUT2D eigenvalue weighted by atomic mass is 10.2. The van der Waals surface area contributed by atoms with Crippen LogP contribution in [0.4, 0.5) is 0 Å². The Morgan fingerprint density at radius 1 is 1.18 bits per heavy atom. The zero-order chi connectivity index (χ0) is 15.8. The minimum absolute atomic E-state index is 0.172. The Kier molecular flexibility index (Phi) is 5.62. The summed E-state index contributed by atoms with van der Waals surface area (Å²) in [7, 11) is 0. The maximum atomic E-state index is 11.6. The third-order valence-corrected chi connectivity index (χ3v) is 2.83. The van der Waals surface area contributed by atoms with E-state index in [2.05, 4.69) is 20.8 Å². The highest BCUT2D eigenvalue weighted by atomic mass is 35.5. The minimum Gasteiger partial charge on any atom is -0.342 e. The zero-order valence-corrected chi connectivity index (χ0v) is 12.2. The van der Waals surface area contributed by atoms with E-state index in [4.69, 9.17) is 11.6 Å². The molecule has 2 aromatic rings. The lowest BCUT2D eigenvalue weighted by Crippen LogP contribution is -2.37. The van der Waals surface area contributed by atoms with Crippen LogP contribution in [-0.4, -0.2) is 23.0 Å². The monoisotopic (exact) mass is 316 g/mol. The van der Waals surface area contributed by atoms with E-state index in [0.717, 1.165) is 0 Å². The number of rotatable bonds is 4. The van der Waals surface area contributed by atoms with Crippen molar-refractivity contribution in [3.63, 3.8) is 0 Å². The van der Waals surface area contributed by atoms with E-state index in [1.807, 2.05) is 0 Å². The maximum Gasteiger partial charge on any atom is 0.329 e. The van der Waals surface area contributed by atoms with E-state index >= 15 is 0 Å². The van der Waals surface area contributed by atoms with Gasteiger partial charge in [0.15, 0.2) is 0 Å². The summed E-state index contributed by atoms with van der Waals surface area (Å²) in [6, 6.07) is 12.2. The first-order valence-electron chi connectivity index (χ1n) is 6.42. The van der Waals surface area contributed by atoms with Gasteiger partial charge in [0, 0.05) is 11.2 Å². The summed E-state index contributed by atoms with van der Waals surface area (Å²) < 4.78 is 0. The van der Waals surface area contributed by atoms with Crippen LogP contribution < -0.4 is 10.7 Å². The summed E-state index contributed by atoms with van der Waals surface area (Å²) in [5, 5.41) is 6.71. The number of nitrogens with zero attached hydrogens (tertiary/aromatic N) is 2. The second kappa shape index (κ2) is 7.90. The molecule has 0 spiro atoms. The predicted octanol–water partition coefficient (Wildman–Crippen LogP) is 1.50. The van der Waals surface area contributed by atoms with Crippen molar-refractivity contribution < 1.29 is 9.59 Å². The van der Waals surface area contributed by atoms with Crippen molar-refractivity contribution in [2.24, 2.45) is 5.10 Å². The number of hydrogen-bond donors (Lipinski definition) is 2. The number of hydrogen-bond acceptors (Lipinski definition) is 4. The molecule has 22 heavy (non-hydrogen) atoms. The summed E-state index contributed by atoms with van der Waals surface area (Å²) in [4.78, 5) is 27.1. The molecule has 0 radical (unpaired) electrons. The van der Waals surface area contributed by atoms with E-state index in [9.17, 15) is 9.59 Å². The first-order chi connectivity index (χ1) is 10.6. The van der Waals surface area contributed by atoms with Gasteiger partial charge in [0.2, 0.25) is 0 Å². The van der Waals surface area contributed by atoms with Crippen molar-refractivity contribution in [1.29, 1.82) is 0 Å². The first kappa shape index (κ1) is 15.7. The fourth-order valence-electron chi connectivity index (χ4n) is 1.56. The summed E-state index contributed by atoms with van der Waals surface area (Å²) in [6.07, 6.45) is 3.01. The van der Waals surface area contributed by atoms with Gasteiger partial charge in [-0.1, -0.05) is 29.8 Å². The minimum atomic E-state index is -0.853. The molecule has 0 aliphatic carbocycles. The Balaban J connectivity index is 1.80. The molecule has 1 aromatic heterocycles. The van der Waals surface area contributed by atoms with E-state index < -0.39 is 11.8 Å². The molecule has 0 atom stereocenters. The predicted molar refractivity (Wildman–Crippen MR) is 83.3 cm³/mol. The number of halogens is 1. The highest BCUT2D eigenvalue weighted by Gasteiger charge is 2.11. The van der Waals surface area contributed by atoms with Gasteiger partial charge in [0.1, 0.15) is 0 Å². The summed E-state index contributed by atoms with van der Waals surface area (Å²) >= 11 is 5.82. The van der Waals surface area contributed by atoms with Gasteiger partial charge < -0.3 is 5.32 Å². The molecule has 2 rings (SSSR count). The quantitative estimate of drug-likeness (QED) is 0.509. The van der Waals surface area contributed by atoms with Crippen LogP contribution in [0, 0.1) is 0 Å². The van der Waals surface area contributed by atoms with Gasteiger partial charge in [-0.15, -0.1) is 0 Å². The molecule has 7 heteroatoms. The largest absolute Gasteiger partial charge is 0.342 e. The molecule has 0 bridgehead atoms. The van der Waals surface area contributed by atoms with Crippen LogP contribution in [0.3, 0.4) is 0 Å². The number of pyridine rings is 1. The van der Waals surface area contributed by atoms with Crippen molar-refractivity contribution in [1.82, 2.24) is 15.7 Å². The van der Waals surface area contributed by atoms with Gasteiger partial charge >= 0.3 is 11.8 Å². The highest BCUT2D eigenvalue weighted by molar-refractivity contribution is 6.35. The third kappa shape index (κ3) is 4.99. The molecule has 2 N–H and O–H groups in total. The standard InChI is InChI=1S/C15H13ClN4O2/c16-12-5-3-4-11(8-12)9-19-20-15(22)14(21)18-10-13-6-1-2-7-17-13/h1-9H,10H2,(H,18,21)(H,20,22)/b19-9-. The van der Waals surface area contributed by atoms with E-state index in [0.29, 0.717) is 16.3 Å². The van der Waals surface area contributed by atoms with E-state index in [-0.39, 0.29) is 6.54 Å². The number of benzene rings is 1. The molecule has 1 aromatic carbocycles. The van der Waals surface area contributed by atoms with Gasteiger partial charge in [-0.2, -0.15) is 5.10 Å². The average Bonchev–Trinajstić information content (AvgIpc) is 2.53. The van der Waals surface area contributed by atoms with Crippen molar-refractivity contribution in [2.45, 2.75) is 6.54 Å². The zero-order valence-electron chi connectivity index (χ0n) is 11.5. The molecule has 6 nitrogen and oxygen atoms in total. The molecule has 112 valence electrons. The van der Waals surface area contributed by atoms with Crippen molar-refractivity contribution in [2.75, 3.05) is 0 Å². The smallest absolute Gasteiger partial charge is 0.329 e. The molecule has 0 saturated carbocycles. The summed E-state index contributed by atoms with van der Waals surface area (Å²) in [5.41, 5.74) is 3.51. The first-order valence-corrected chi connectivity index (χ1v) is 6.79. The van der Waals surface area contributed by atoms with Crippen LogP contribution in [-0.2, 0) is 16.1 Å². The highest BCUT2D eigenvalue weighted by Crippen LogP contribution is 2.08. The van der Waals surface area contributed by atoms with Gasteiger partial charge in [-0.25, -0.2) is 5.43 Å². The number of amides is 2. The van der Waals surface area contributed by atoms with Crippen molar-refractivity contribution in [3.8, 4) is 0 Å². The normalized spacial score (nSPS) is 10.4. The molecule has 0 fully saturated rings. The van der Waals surface area contributed by atoms with Crippen LogP contribution in [0.5, 0.6) is 0 Å². The molecule has 1 heterocycles. The van der Waals surface area contributed by atoms with Crippen LogP contribution >= 0.6 is 11.6 Å². The van der Waals surface area contributed by atoms with E-state index in [1.54, 1.807) is 48.7 Å². The van der Waals surface area contributed by atoms with Crippen LogP contribution in [0.15, 0.2) is 53.8 Å². The molecule has 0 saturated heterocycles. The average molecular weight is 317 g/mol. The van der Waals surface area contributed by atoms with Gasteiger partial charge in [-0.3, -0.25) is 14.6 Å². The van der Waals surface area contributed by atoms with E-state index in [1.165, 1.54) is 6.21 Å². The lowest BCUT2D eigenvalue weighted by Gasteiger charge is -2.03. The topological polar surface area (TPSA) is 83.5 Å². The maximum absolute atomic E-state index is 11.6. The molecular weight excluding hydrogens is 304 g/mol. The molecule has 2 amide bonds. The fraction of sp³-hybridized carbons (Fsp3) is 0.0667. The van der Waals surface area contributed by atoms with Crippen LogP contribution in [0.2, 0.25) is 5.02 Å². The van der Waals surface area contributed by atoms with Gasteiger partial charge in [0.25, 0.3) is 0 Å². The van der Waals surface area contributed by atoms with Gasteiger partial charge in [-0.05, 0) is 29.8 Å². The number of nitrogens with one attached hydrogen (secondary N) is 2. The number of hydrazone groups is 1. The van der Waals surface area contributed by atoms with Crippen molar-refractivity contribution >= 4 is 29.6 Å². The second-order valence-corrected chi connectivity index (χ2v) is 4.69. The van der Waals surface area contributed by atoms with Gasteiger partial charge in [0.05, 0.1) is 18.5 Å². The summed E-state index contributed by atoms with van der Waals surface area (Å²) in [6.45, 7) is 0.172. The molecule has 0 unspecified atom stereocenters. The SMILES string of the molecule is O=C(NCc1ccccn1)C(=O)N/N=C\c1cccc(Cl)c1. The van der Waals surface area contributed by atoms with Crippen molar-refractivity contribution in [3.05, 3.63) is 64.9 Å². The number of carbonyl (C=O) groups excluding carboxylic acids is 2. The Morgan fingerprint density at radius 2 is 2.05 bits per heavy atom. The Labute approximate surface area is 132 Å². The lowest BCUT2D eigenvalue weighted by molar-refractivity contribution is -0.139.